The van der Waals surface area contributed by atoms with Gasteiger partial charge in [-0.2, -0.15) is 0 Å². The molecule has 0 aliphatic heterocycles. The van der Waals surface area contributed by atoms with Crippen molar-refractivity contribution >= 4 is 5.69 Å². The molecule has 0 radical (unpaired) electrons. The Morgan fingerprint density at radius 3 is 2.42 bits per heavy atom. The van der Waals surface area contributed by atoms with Gasteiger partial charge in [-0.25, -0.2) is 0 Å². The number of rotatable bonds is 6. The number of hydrogen-bond donors (Lipinski definition) is 1. The van der Waals surface area contributed by atoms with E-state index >= 15 is 0 Å². The highest BCUT2D eigenvalue weighted by Gasteiger charge is 2.22. The van der Waals surface area contributed by atoms with Gasteiger partial charge >= 0.3 is 0 Å². The molecular weight excluding hydrogens is 232 g/mol. The van der Waals surface area contributed by atoms with Crippen molar-refractivity contribution in [3.05, 3.63) is 30.3 Å². The lowest BCUT2D eigenvalue weighted by molar-refractivity contribution is 0.314. The predicted octanol–water partition coefficient (Wildman–Crippen LogP) is 3.81. The molecule has 0 heterocycles. The van der Waals surface area contributed by atoms with E-state index in [1.807, 2.05) is 0 Å². The fourth-order valence-electron chi connectivity index (χ4n) is 3.43. The third-order valence-electron chi connectivity index (χ3n) is 4.47. The van der Waals surface area contributed by atoms with Gasteiger partial charge in [-0.15, -0.1) is 0 Å². The molecular formula is C17H28N2. The average molecular weight is 260 g/mol. The number of benzene rings is 1. The first kappa shape index (κ1) is 14.4. The summed E-state index contributed by atoms with van der Waals surface area (Å²) in [5.74, 6) is 0.889. The van der Waals surface area contributed by atoms with Gasteiger partial charge in [0.2, 0.25) is 0 Å². The summed E-state index contributed by atoms with van der Waals surface area (Å²) in [5.41, 5.74) is 7.38. The van der Waals surface area contributed by atoms with Crippen LogP contribution in [0, 0.1) is 5.92 Å². The van der Waals surface area contributed by atoms with E-state index in [2.05, 4.69) is 42.2 Å². The van der Waals surface area contributed by atoms with Gasteiger partial charge in [-0.3, -0.25) is 0 Å². The van der Waals surface area contributed by atoms with Gasteiger partial charge in [-0.05, 0) is 31.4 Å². The van der Waals surface area contributed by atoms with Crippen molar-refractivity contribution in [2.75, 3.05) is 18.0 Å². The van der Waals surface area contributed by atoms with Crippen molar-refractivity contribution in [3.8, 4) is 0 Å². The number of para-hydroxylation sites is 1. The van der Waals surface area contributed by atoms with E-state index in [1.165, 1.54) is 44.2 Å². The minimum absolute atomic E-state index is 0.496. The van der Waals surface area contributed by atoms with Crippen LogP contribution in [0.4, 0.5) is 5.69 Å². The molecule has 0 spiro atoms. The van der Waals surface area contributed by atoms with E-state index in [0.29, 0.717) is 6.04 Å². The molecule has 1 saturated carbocycles. The van der Waals surface area contributed by atoms with Crippen LogP contribution in [0.2, 0.25) is 0 Å². The number of anilines is 1. The summed E-state index contributed by atoms with van der Waals surface area (Å²) < 4.78 is 0. The molecule has 106 valence electrons. The van der Waals surface area contributed by atoms with E-state index in [1.54, 1.807) is 0 Å². The van der Waals surface area contributed by atoms with Crippen molar-refractivity contribution in [2.45, 2.75) is 51.5 Å². The smallest absolute Gasteiger partial charge is 0.0414 e. The second-order valence-electron chi connectivity index (χ2n) is 5.75. The number of hydrogen-bond acceptors (Lipinski definition) is 2. The molecule has 19 heavy (non-hydrogen) atoms. The van der Waals surface area contributed by atoms with Crippen LogP contribution in [0.25, 0.3) is 0 Å². The predicted molar refractivity (Wildman–Crippen MR) is 83.5 cm³/mol. The van der Waals surface area contributed by atoms with Gasteiger partial charge in [0.15, 0.2) is 0 Å². The van der Waals surface area contributed by atoms with Crippen molar-refractivity contribution in [1.82, 2.24) is 0 Å². The Labute approximate surface area is 118 Å². The minimum Gasteiger partial charge on any atom is -0.368 e. The fraction of sp³-hybridized carbons (Fsp3) is 0.647. The molecule has 0 bridgehead atoms. The zero-order valence-electron chi connectivity index (χ0n) is 12.2. The summed E-state index contributed by atoms with van der Waals surface area (Å²) in [5, 5.41) is 0. The van der Waals surface area contributed by atoms with Gasteiger partial charge in [-0.1, -0.05) is 50.3 Å². The Morgan fingerprint density at radius 2 is 1.84 bits per heavy atom. The van der Waals surface area contributed by atoms with E-state index in [0.717, 1.165) is 19.0 Å². The fourth-order valence-corrected chi connectivity index (χ4v) is 3.43. The highest BCUT2D eigenvalue weighted by molar-refractivity contribution is 5.47. The molecule has 2 N–H and O–H groups in total. The van der Waals surface area contributed by atoms with Crippen LogP contribution in [0.3, 0.4) is 0 Å². The second-order valence-corrected chi connectivity index (χ2v) is 5.75. The van der Waals surface area contributed by atoms with Crippen molar-refractivity contribution in [1.29, 1.82) is 0 Å². The molecule has 1 aliphatic carbocycles. The van der Waals surface area contributed by atoms with Crippen LogP contribution >= 0.6 is 0 Å². The lowest BCUT2D eigenvalue weighted by Gasteiger charge is -2.35. The summed E-state index contributed by atoms with van der Waals surface area (Å²) in [6.45, 7) is 4.04. The zero-order valence-corrected chi connectivity index (χ0v) is 12.2. The Balaban J connectivity index is 2.01. The Hall–Kier alpha value is -1.02. The van der Waals surface area contributed by atoms with E-state index in [-0.39, 0.29) is 0 Å². The van der Waals surface area contributed by atoms with E-state index in [4.69, 9.17) is 5.73 Å². The van der Waals surface area contributed by atoms with E-state index in [9.17, 15) is 0 Å². The quantitative estimate of drug-likeness (QED) is 0.842. The molecule has 1 aromatic rings. The molecule has 0 saturated heterocycles. The van der Waals surface area contributed by atoms with Gasteiger partial charge in [0.25, 0.3) is 0 Å². The van der Waals surface area contributed by atoms with Gasteiger partial charge in [0, 0.05) is 24.8 Å². The molecule has 1 unspecified atom stereocenters. The number of nitrogens with two attached hydrogens (primary N) is 1. The highest BCUT2D eigenvalue weighted by Crippen LogP contribution is 2.29. The Morgan fingerprint density at radius 1 is 1.16 bits per heavy atom. The topological polar surface area (TPSA) is 29.3 Å². The molecule has 1 atom stereocenters. The summed E-state index contributed by atoms with van der Waals surface area (Å²) in [6.07, 6.45) is 8.34. The van der Waals surface area contributed by atoms with Crippen molar-refractivity contribution < 1.29 is 0 Å². The largest absolute Gasteiger partial charge is 0.368 e. The normalized spacial score (nSPS) is 18.2. The monoisotopic (exact) mass is 260 g/mol. The molecule has 2 nitrogen and oxygen atoms in total. The van der Waals surface area contributed by atoms with Gasteiger partial charge in [0.05, 0.1) is 0 Å². The van der Waals surface area contributed by atoms with Crippen molar-refractivity contribution in [2.24, 2.45) is 11.7 Å². The van der Waals surface area contributed by atoms with Crippen LogP contribution in [0.15, 0.2) is 30.3 Å². The van der Waals surface area contributed by atoms with Crippen LogP contribution in [-0.2, 0) is 0 Å². The summed E-state index contributed by atoms with van der Waals surface area (Å²) >= 11 is 0. The third-order valence-corrected chi connectivity index (χ3v) is 4.47. The summed E-state index contributed by atoms with van der Waals surface area (Å²) in [6, 6.07) is 11.2. The molecule has 1 aliphatic rings. The maximum Gasteiger partial charge on any atom is 0.0414 e. The zero-order chi connectivity index (χ0) is 13.5. The maximum absolute atomic E-state index is 6.06. The van der Waals surface area contributed by atoms with Crippen molar-refractivity contribution in [3.63, 3.8) is 0 Å². The lowest BCUT2D eigenvalue weighted by Crippen LogP contribution is -2.42. The molecule has 2 rings (SSSR count). The van der Waals surface area contributed by atoms with Crippen LogP contribution in [0.5, 0.6) is 0 Å². The van der Waals surface area contributed by atoms with Gasteiger partial charge < -0.3 is 10.6 Å². The molecule has 2 heteroatoms. The second kappa shape index (κ2) is 7.54. The molecule has 1 aromatic carbocycles. The minimum atomic E-state index is 0.496. The highest BCUT2D eigenvalue weighted by atomic mass is 15.2. The SMILES string of the molecule is CCN(c1ccccc1)C(CN)CC1CCCCC1. The van der Waals surface area contributed by atoms with E-state index < -0.39 is 0 Å². The standard InChI is InChI=1S/C17H28N2/c1-2-19(16-11-7-4-8-12-16)17(14-18)13-15-9-5-3-6-10-15/h4,7-8,11-12,15,17H,2-3,5-6,9-10,13-14,18H2,1H3. The average Bonchev–Trinajstić information content (AvgIpc) is 2.49. The molecule has 0 aromatic heterocycles. The first-order valence-corrected chi connectivity index (χ1v) is 7.87. The first-order chi connectivity index (χ1) is 9.35. The Kier molecular flexibility index (Phi) is 5.71. The first-order valence-electron chi connectivity index (χ1n) is 7.87. The maximum atomic E-state index is 6.06. The molecule has 1 fully saturated rings. The van der Waals surface area contributed by atoms with Crippen LogP contribution < -0.4 is 10.6 Å². The van der Waals surface area contributed by atoms with Crippen LogP contribution in [0.1, 0.15) is 45.4 Å². The third kappa shape index (κ3) is 3.97. The molecule has 0 amide bonds. The summed E-state index contributed by atoms with van der Waals surface area (Å²) in [7, 11) is 0. The lowest BCUT2D eigenvalue weighted by atomic mass is 9.84. The summed E-state index contributed by atoms with van der Waals surface area (Å²) in [4.78, 5) is 2.48. The van der Waals surface area contributed by atoms with Gasteiger partial charge in [0.1, 0.15) is 0 Å². The number of nitrogens with zero attached hydrogens (tertiary/aromatic N) is 1. The number of likely N-dealkylation sites (N-methyl/N-ethyl adjacent to an activating group) is 1. The Bertz CT molecular complexity index is 344. The van der Waals surface area contributed by atoms with Crippen LogP contribution in [-0.4, -0.2) is 19.1 Å².